The van der Waals surface area contributed by atoms with Gasteiger partial charge in [-0.05, 0) is 31.5 Å². The average Bonchev–Trinajstić information content (AvgIpc) is 2.34. The summed E-state index contributed by atoms with van der Waals surface area (Å²) >= 11 is 11.9. The summed E-state index contributed by atoms with van der Waals surface area (Å²) in [7, 11) is 0. The second-order valence-electron chi connectivity index (χ2n) is 3.93. The summed E-state index contributed by atoms with van der Waals surface area (Å²) in [5, 5.41) is 3.54. The molecule has 1 aromatic rings. The Balaban J connectivity index is 2.58. The van der Waals surface area contributed by atoms with E-state index in [0.29, 0.717) is 22.3 Å². The number of carbonyl (C=O) groups excluding carboxylic acids is 2. The van der Waals surface area contributed by atoms with Gasteiger partial charge in [-0.2, -0.15) is 0 Å². The minimum absolute atomic E-state index is 0.0386. The molecule has 19 heavy (non-hydrogen) atoms. The minimum Gasteiger partial charge on any atom is -0.466 e. The molecule has 0 atom stereocenters. The fourth-order valence-electron chi connectivity index (χ4n) is 1.40. The summed E-state index contributed by atoms with van der Waals surface area (Å²) in [6.45, 7) is 3.84. The highest BCUT2D eigenvalue weighted by molar-refractivity contribution is 6.36. The topological polar surface area (TPSA) is 55.4 Å². The second-order valence-corrected chi connectivity index (χ2v) is 4.75. The maximum absolute atomic E-state index is 11.6. The molecule has 1 amide bonds. The van der Waals surface area contributed by atoms with E-state index in [2.05, 4.69) is 5.32 Å². The maximum atomic E-state index is 11.6. The highest BCUT2D eigenvalue weighted by Gasteiger charge is 2.11. The molecule has 0 saturated heterocycles. The molecule has 0 aliphatic rings. The van der Waals surface area contributed by atoms with Crippen molar-refractivity contribution in [1.29, 1.82) is 0 Å². The first-order chi connectivity index (χ1) is 8.93. The Morgan fingerprint density at radius 2 is 1.89 bits per heavy atom. The van der Waals surface area contributed by atoms with E-state index in [1.54, 1.807) is 19.1 Å². The molecule has 0 aromatic heterocycles. The molecular weight excluding hydrogens is 289 g/mol. The highest BCUT2D eigenvalue weighted by Crippen LogP contribution is 2.28. The van der Waals surface area contributed by atoms with Gasteiger partial charge in [-0.25, -0.2) is 0 Å². The van der Waals surface area contributed by atoms with Crippen LogP contribution in [0.5, 0.6) is 0 Å². The van der Waals surface area contributed by atoms with Gasteiger partial charge in [-0.3, -0.25) is 9.59 Å². The summed E-state index contributed by atoms with van der Waals surface area (Å²) in [4.78, 5) is 22.8. The minimum atomic E-state index is -0.398. The number of hydrogen-bond donors (Lipinski definition) is 1. The Kier molecular flexibility index (Phi) is 6.12. The number of nitrogens with one attached hydrogen (secondary N) is 1. The van der Waals surface area contributed by atoms with Gasteiger partial charge >= 0.3 is 5.97 Å². The Hall–Kier alpha value is -1.26. The first kappa shape index (κ1) is 15.8. The quantitative estimate of drug-likeness (QED) is 0.846. The van der Waals surface area contributed by atoms with Crippen molar-refractivity contribution in [3.05, 3.63) is 27.7 Å². The highest BCUT2D eigenvalue weighted by atomic mass is 35.5. The number of benzene rings is 1. The lowest BCUT2D eigenvalue weighted by molar-refractivity contribution is -0.144. The second kappa shape index (κ2) is 7.36. The Labute approximate surface area is 122 Å². The van der Waals surface area contributed by atoms with E-state index >= 15 is 0 Å². The van der Waals surface area contributed by atoms with E-state index < -0.39 is 5.97 Å². The Morgan fingerprint density at radius 3 is 2.53 bits per heavy atom. The van der Waals surface area contributed by atoms with Gasteiger partial charge in [-0.15, -0.1) is 0 Å². The van der Waals surface area contributed by atoms with Gasteiger partial charge in [0.15, 0.2) is 0 Å². The Bertz CT molecular complexity index is 489. The standard InChI is InChI=1S/C13H15Cl2NO3/c1-3-19-13(18)5-4-12(17)16-11-7-9(14)8(2)6-10(11)15/h6-7H,3-5H2,1-2H3,(H,16,17). The van der Waals surface area contributed by atoms with Crippen LogP contribution in [0.15, 0.2) is 12.1 Å². The summed E-state index contributed by atoms with van der Waals surface area (Å²) in [6, 6.07) is 3.26. The van der Waals surface area contributed by atoms with Crippen LogP contribution < -0.4 is 5.32 Å². The van der Waals surface area contributed by atoms with Crippen LogP contribution in [0.1, 0.15) is 25.3 Å². The molecule has 0 aliphatic carbocycles. The predicted octanol–water partition coefficient (Wildman–Crippen LogP) is 3.58. The fourth-order valence-corrected chi connectivity index (χ4v) is 1.83. The number of halogens is 2. The van der Waals surface area contributed by atoms with E-state index in [1.807, 2.05) is 6.92 Å². The number of anilines is 1. The van der Waals surface area contributed by atoms with Gasteiger partial charge in [-0.1, -0.05) is 23.2 Å². The van der Waals surface area contributed by atoms with Crippen LogP contribution in [-0.2, 0) is 14.3 Å². The van der Waals surface area contributed by atoms with E-state index in [4.69, 9.17) is 27.9 Å². The summed E-state index contributed by atoms with van der Waals surface area (Å²) < 4.78 is 4.73. The van der Waals surface area contributed by atoms with Crippen molar-refractivity contribution in [1.82, 2.24) is 0 Å². The molecule has 0 radical (unpaired) electrons. The van der Waals surface area contributed by atoms with Crippen molar-refractivity contribution in [2.24, 2.45) is 0 Å². The van der Waals surface area contributed by atoms with Crippen LogP contribution in [0.4, 0.5) is 5.69 Å². The van der Waals surface area contributed by atoms with Gasteiger partial charge in [0.25, 0.3) is 0 Å². The maximum Gasteiger partial charge on any atom is 0.306 e. The van der Waals surface area contributed by atoms with Gasteiger partial charge in [0.2, 0.25) is 5.91 Å². The van der Waals surface area contributed by atoms with E-state index in [1.165, 1.54) is 0 Å². The van der Waals surface area contributed by atoms with Crippen LogP contribution in [0.25, 0.3) is 0 Å². The van der Waals surface area contributed by atoms with E-state index in [0.717, 1.165) is 5.56 Å². The average molecular weight is 304 g/mol. The largest absolute Gasteiger partial charge is 0.466 e. The SMILES string of the molecule is CCOC(=O)CCC(=O)Nc1cc(Cl)c(C)cc1Cl. The summed E-state index contributed by atoms with van der Waals surface area (Å²) in [5.41, 5.74) is 1.27. The Morgan fingerprint density at radius 1 is 1.21 bits per heavy atom. The number of amides is 1. The van der Waals surface area contributed by atoms with Crippen molar-refractivity contribution in [3.8, 4) is 0 Å². The van der Waals surface area contributed by atoms with Gasteiger partial charge in [0, 0.05) is 11.4 Å². The van der Waals surface area contributed by atoms with Crippen molar-refractivity contribution in [2.45, 2.75) is 26.7 Å². The number of esters is 1. The van der Waals surface area contributed by atoms with Gasteiger partial charge in [0.1, 0.15) is 0 Å². The summed E-state index contributed by atoms with van der Waals surface area (Å²) in [6.07, 6.45) is 0.0809. The predicted molar refractivity (Wildman–Crippen MR) is 75.7 cm³/mol. The lowest BCUT2D eigenvalue weighted by atomic mass is 10.2. The van der Waals surface area contributed by atoms with Crippen LogP contribution in [0.2, 0.25) is 10.0 Å². The van der Waals surface area contributed by atoms with Crippen molar-refractivity contribution in [2.75, 3.05) is 11.9 Å². The summed E-state index contributed by atoms with van der Waals surface area (Å²) in [5.74, 6) is -0.708. The molecule has 6 heteroatoms. The number of hydrogen-bond acceptors (Lipinski definition) is 3. The molecule has 0 bridgehead atoms. The molecule has 0 heterocycles. The molecule has 0 spiro atoms. The lowest BCUT2D eigenvalue weighted by Gasteiger charge is -2.09. The number of rotatable bonds is 5. The van der Waals surface area contributed by atoms with Crippen LogP contribution >= 0.6 is 23.2 Å². The molecule has 1 aromatic carbocycles. The molecular formula is C13H15Cl2NO3. The first-order valence-electron chi connectivity index (χ1n) is 5.85. The number of carbonyl (C=O) groups is 2. The van der Waals surface area contributed by atoms with Crippen LogP contribution in [0.3, 0.4) is 0 Å². The fraction of sp³-hybridized carbons (Fsp3) is 0.385. The van der Waals surface area contributed by atoms with E-state index in [9.17, 15) is 9.59 Å². The normalized spacial score (nSPS) is 10.1. The van der Waals surface area contributed by atoms with Gasteiger partial charge < -0.3 is 10.1 Å². The third-order valence-corrected chi connectivity index (χ3v) is 3.10. The number of ether oxygens (including phenoxy) is 1. The smallest absolute Gasteiger partial charge is 0.306 e. The van der Waals surface area contributed by atoms with Crippen molar-refractivity contribution in [3.63, 3.8) is 0 Å². The molecule has 0 fully saturated rings. The molecule has 0 saturated carbocycles. The third kappa shape index (κ3) is 5.09. The monoisotopic (exact) mass is 303 g/mol. The zero-order valence-corrected chi connectivity index (χ0v) is 12.3. The molecule has 0 aliphatic heterocycles. The first-order valence-corrected chi connectivity index (χ1v) is 6.60. The van der Waals surface area contributed by atoms with Crippen LogP contribution in [0, 0.1) is 6.92 Å². The van der Waals surface area contributed by atoms with Gasteiger partial charge in [0.05, 0.1) is 23.7 Å². The molecule has 104 valence electrons. The zero-order valence-electron chi connectivity index (χ0n) is 10.8. The molecule has 4 nitrogen and oxygen atoms in total. The zero-order chi connectivity index (χ0) is 14.4. The van der Waals surface area contributed by atoms with E-state index in [-0.39, 0.29) is 18.7 Å². The number of aryl methyl sites for hydroxylation is 1. The lowest BCUT2D eigenvalue weighted by Crippen LogP contribution is -2.14. The van der Waals surface area contributed by atoms with Crippen LogP contribution in [-0.4, -0.2) is 18.5 Å². The van der Waals surface area contributed by atoms with Crippen molar-refractivity contribution >= 4 is 40.8 Å². The van der Waals surface area contributed by atoms with Crippen molar-refractivity contribution < 1.29 is 14.3 Å². The molecule has 1 rings (SSSR count). The molecule has 1 N–H and O–H groups in total. The molecule has 0 unspecified atom stereocenters. The third-order valence-electron chi connectivity index (χ3n) is 2.38.